The van der Waals surface area contributed by atoms with Gasteiger partial charge in [0.1, 0.15) is 13.7 Å². The highest BCUT2D eigenvalue weighted by Crippen LogP contribution is 2.32. The molecule has 1 aromatic carbocycles. The van der Waals surface area contributed by atoms with Gasteiger partial charge in [-0.1, -0.05) is 12.1 Å². The van der Waals surface area contributed by atoms with Gasteiger partial charge in [0.25, 0.3) is 5.91 Å². The maximum absolute atomic E-state index is 13.1. The third-order valence-electron chi connectivity index (χ3n) is 6.50. The predicted molar refractivity (Wildman–Crippen MR) is 132 cm³/mol. The van der Waals surface area contributed by atoms with Gasteiger partial charge in [0, 0.05) is 61.5 Å². The Morgan fingerprint density at radius 2 is 1.92 bits per heavy atom. The van der Waals surface area contributed by atoms with Gasteiger partial charge in [0.2, 0.25) is 0 Å². The molecule has 1 fully saturated rings. The summed E-state index contributed by atoms with van der Waals surface area (Å²) in [5, 5.41) is 7.88. The van der Waals surface area contributed by atoms with Crippen LogP contribution >= 0.6 is 0 Å². The number of amides is 1. The molecule has 1 amide bonds. The number of carbonyl (C=O) groups excluding carboxylic acids is 1. The van der Waals surface area contributed by atoms with Crippen molar-refractivity contribution in [3.05, 3.63) is 83.4 Å². The zero-order valence-corrected chi connectivity index (χ0v) is 19.7. The number of hydrogen-bond donors (Lipinski definition) is 1. The van der Waals surface area contributed by atoms with E-state index < -0.39 is 11.7 Å². The summed E-state index contributed by atoms with van der Waals surface area (Å²) in [7, 11) is 1.96. The summed E-state index contributed by atoms with van der Waals surface area (Å²) in [6.45, 7) is 1.47. The van der Waals surface area contributed by atoms with Crippen LogP contribution < -0.4 is 10.8 Å². The van der Waals surface area contributed by atoms with Gasteiger partial charge >= 0.3 is 6.18 Å². The standard InChI is InChI=1S/C25H24BF3N6O/c26-20-15-32-35-22(31-14-16-3-2-8-30-13-16)12-21(33-23(20)35)17-6-9-34(10-7-17)24(36)18-4-1-5-19(11-18)25(27,28)29/h1-5,8,11-13,15,17,31H,6-7,9-10,14,26H2. The van der Waals surface area contributed by atoms with Gasteiger partial charge in [0.05, 0.1) is 5.56 Å². The fraction of sp³-hybridized carbons (Fsp3) is 0.280. The molecule has 1 saturated heterocycles. The molecule has 4 aromatic rings. The van der Waals surface area contributed by atoms with Crippen molar-refractivity contribution in [2.75, 3.05) is 18.4 Å². The largest absolute Gasteiger partial charge is 0.416 e. The number of hydrogen-bond acceptors (Lipinski definition) is 5. The average Bonchev–Trinajstić information content (AvgIpc) is 3.28. The zero-order valence-electron chi connectivity index (χ0n) is 19.7. The van der Waals surface area contributed by atoms with Gasteiger partial charge in [-0.25, -0.2) is 4.98 Å². The van der Waals surface area contributed by atoms with Crippen LogP contribution in [0.4, 0.5) is 19.0 Å². The second kappa shape index (κ2) is 9.64. The Kier molecular flexibility index (Phi) is 6.38. The van der Waals surface area contributed by atoms with Crippen molar-refractivity contribution in [2.45, 2.75) is 31.5 Å². The molecule has 184 valence electrons. The summed E-state index contributed by atoms with van der Waals surface area (Å²) in [5.74, 6) is 0.552. The van der Waals surface area contributed by atoms with E-state index in [9.17, 15) is 18.0 Å². The minimum absolute atomic E-state index is 0.0552. The number of piperidine rings is 1. The molecule has 0 aliphatic carbocycles. The number of halogens is 3. The monoisotopic (exact) mass is 492 g/mol. The highest BCUT2D eigenvalue weighted by Gasteiger charge is 2.32. The fourth-order valence-corrected chi connectivity index (χ4v) is 4.51. The highest BCUT2D eigenvalue weighted by atomic mass is 19.4. The summed E-state index contributed by atoms with van der Waals surface area (Å²) in [4.78, 5) is 23.5. The molecule has 0 radical (unpaired) electrons. The molecule has 0 saturated carbocycles. The number of alkyl halides is 3. The Balaban J connectivity index is 1.32. The summed E-state index contributed by atoms with van der Waals surface area (Å²) >= 11 is 0. The minimum atomic E-state index is -4.48. The lowest BCUT2D eigenvalue weighted by atomic mass is 9.92. The van der Waals surface area contributed by atoms with Crippen LogP contribution in [0.25, 0.3) is 5.65 Å². The maximum Gasteiger partial charge on any atom is 0.416 e. The lowest BCUT2D eigenvalue weighted by molar-refractivity contribution is -0.137. The molecule has 11 heteroatoms. The van der Waals surface area contributed by atoms with Crippen LogP contribution in [0.5, 0.6) is 0 Å². The van der Waals surface area contributed by atoms with Gasteiger partial charge in [-0.3, -0.25) is 9.78 Å². The molecule has 1 N–H and O–H groups in total. The quantitative estimate of drug-likeness (QED) is 0.434. The predicted octanol–water partition coefficient (Wildman–Crippen LogP) is 3.03. The summed E-state index contributed by atoms with van der Waals surface area (Å²) < 4.78 is 41.0. The van der Waals surface area contributed by atoms with E-state index in [1.54, 1.807) is 28.0 Å². The third-order valence-corrected chi connectivity index (χ3v) is 6.50. The normalized spacial score (nSPS) is 14.8. The number of nitrogens with one attached hydrogen (secondary N) is 1. The van der Waals surface area contributed by atoms with Crippen LogP contribution in [0, 0.1) is 0 Å². The first-order valence-electron chi connectivity index (χ1n) is 11.7. The molecule has 0 unspecified atom stereocenters. The number of anilines is 1. The van der Waals surface area contributed by atoms with Crippen molar-refractivity contribution in [1.82, 2.24) is 24.5 Å². The molecule has 0 spiro atoms. The van der Waals surface area contributed by atoms with Gasteiger partial charge in [0.15, 0.2) is 5.65 Å². The highest BCUT2D eigenvalue weighted by molar-refractivity contribution is 6.36. The minimum Gasteiger partial charge on any atom is -0.366 e. The van der Waals surface area contributed by atoms with E-state index in [2.05, 4.69) is 15.4 Å². The lowest BCUT2D eigenvalue weighted by Crippen LogP contribution is -2.38. The Hall–Kier alpha value is -3.89. The van der Waals surface area contributed by atoms with Crippen LogP contribution in [-0.4, -0.2) is 51.3 Å². The molecule has 5 rings (SSSR count). The molecule has 4 heterocycles. The topological polar surface area (TPSA) is 75.4 Å². The SMILES string of the molecule is Bc1cnn2c(NCc3cccnc3)cc(C3CCN(C(=O)c4cccc(C(F)(F)F)c4)CC3)nc12. The Bertz CT molecular complexity index is 1380. The first-order chi connectivity index (χ1) is 17.3. The van der Waals surface area contributed by atoms with E-state index in [-0.39, 0.29) is 17.4 Å². The second-order valence-electron chi connectivity index (χ2n) is 8.99. The number of nitrogens with zero attached hydrogens (tertiary/aromatic N) is 5. The molecule has 0 atom stereocenters. The number of pyridine rings is 1. The number of benzene rings is 1. The van der Waals surface area contributed by atoms with Crippen molar-refractivity contribution in [3.63, 3.8) is 0 Å². The Labute approximate surface area is 206 Å². The van der Waals surface area contributed by atoms with E-state index in [1.807, 2.05) is 26.0 Å². The van der Waals surface area contributed by atoms with Crippen LogP contribution in [0.3, 0.4) is 0 Å². The first-order valence-corrected chi connectivity index (χ1v) is 11.7. The van der Waals surface area contributed by atoms with Gasteiger partial charge < -0.3 is 10.2 Å². The molecule has 36 heavy (non-hydrogen) atoms. The fourth-order valence-electron chi connectivity index (χ4n) is 4.51. The average molecular weight is 492 g/mol. The van der Waals surface area contributed by atoms with Crippen LogP contribution in [0.2, 0.25) is 0 Å². The number of likely N-dealkylation sites (tertiary alicyclic amines) is 1. The zero-order chi connectivity index (χ0) is 25.3. The molecule has 1 aliphatic heterocycles. The molecule has 1 aliphatic rings. The second-order valence-corrected chi connectivity index (χ2v) is 8.99. The third kappa shape index (κ3) is 4.91. The van der Waals surface area contributed by atoms with E-state index in [1.165, 1.54) is 12.1 Å². The van der Waals surface area contributed by atoms with E-state index in [4.69, 9.17) is 4.98 Å². The van der Waals surface area contributed by atoms with Gasteiger partial charge in [-0.15, -0.1) is 0 Å². The summed E-state index contributed by atoms with van der Waals surface area (Å²) in [5.41, 5.74) is 2.91. The smallest absolute Gasteiger partial charge is 0.366 e. The molecular formula is C25H24BF3N6O. The van der Waals surface area contributed by atoms with Gasteiger partial charge in [-0.05, 0) is 48.1 Å². The van der Waals surface area contributed by atoms with Gasteiger partial charge in [-0.2, -0.15) is 22.8 Å². The van der Waals surface area contributed by atoms with E-state index >= 15 is 0 Å². The number of aromatic nitrogens is 4. The van der Waals surface area contributed by atoms with Crippen LogP contribution in [0.15, 0.2) is 61.1 Å². The number of rotatable bonds is 5. The molecular weight excluding hydrogens is 468 g/mol. The molecule has 0 bridgehead atoms. The summed E-state index contributed by atoms with van der Waals surface area (Å²) in [6, 6.07) is 10.5. The van der Waals surface area contributed by atoms with Crippen LogP contribution in [-0.2, 0) is 12.7 Å². The van der Waals surface area contributed by atoms with E-state index in [0.29, 0.717) is 32.5 Å². The first kappa shape index (κ1) is 23.8. The Morgan fingerprint density at radius 3 is 2.64 bits per heavy atom. The lowest BCUT2D eigenvalue weighted by Gasteiger charge is -2.32. The van der Waals surface area contributed by atoms with Crippen molar-refractivity contribution < 1.29 is 18.0 Å². The van der Waals surface area contributed by atoms with Crippen molar-refractivity contribution >= 4 is 30.7 Å². The van der Waals surface area contributed by atoms with E-state index in [0.717, 1.165) is 40.3 Å². The number of carbonyl (C=O) groups is 1. The van der Waals surface area contributed by atoms with Crippen LogP contribution in [0.1, 0.15) is 45.9 Å². The maximum atomic E-state index is 13.1. The Morgan fingerprint density at radius 1 is 1.11 bits per heavy atom. The summed E-state index contributed by atoms with van der Waals surface area (Å²) in [6.07, 6.45) is 2.16. The van der Waals surface area contributed by atoms with Crippen molar-refractivity contribution in [1.29, 1.82) is 0 Å². The van der Waals surface area contributed by atoms with Crippen molar-refractivity contribution in [2.24, 2.45) is 0 Å². The molecule has 7 nitrogen and oxygen atoms in total. The van der Waals surface area contributed by atoms with Crippen molar-refractivity contribution in [3.8, 4) is 0 Å². The number of fused-ring (bicyclic) bond motifs is 1. The molecule has 3 aromatic heterocycles.